The molecule has 0 radical (unpaired) electrons. The molecule has 2 N–H and O–H groups in total. The van der Waals surface area contributed by atoms with Crippen molar-refractivity contribution in [3.05, 3.63) is 50.7 Å². The summed E-state index contributed by atoms with van der Waals surface area (Å²) in [6, 6.07) is 5.30. The van der Waals surface area contributed by atoms with E-state index >= 15 is 0 Å². The van der Waals surface area contributed by atoms with Crippen molar-refractivity contribution in [3.63, 3.8) is 0 Å². The first-order chi connectivity index (χ1) is 8.99. The van der Waals surface area contributed by atoms with Crippen LogP contribution in [-0.4, -0.2) is 17.9 Å². The molecule has 2 rings (SSSR count). The van der Waals surface area contributed by atoms with Crippen molar-refractivity contribution in [2.45, 2.75) is 13.5 Å². The van der Waals surface area contributed by atoms with Crippen molar-refractivity contribution in [2.24, 2.45) is 0 Å². The summed E-state index contributed by atoms with van der Waals surface area (Å²) in [5, 5.41) is 4.46. The highest BCUT2D eigenvalue weighted by Gasteiger charge is 2.16. The van der Waals surface area contributed by atoms with E-state index in [4.69, 9.17) is 17.3 Å². The minimum atomic E-state index is -0.00255. The molecule has 0 bridgehead atoms. The summed E-state index contributed by atoms with van der Waals surface area (Å²) in [5.74, 6) is -0.00255. The molecule has 0 aliphatic heterocycles. The number of carbonyl (C=O) groups is 1. The van der Waals surface area contributed by atoms with Gasteiger partial charge in [-0.15, -0.1) is 0 Å². The molecule has 0 aliphatic rings. The maximum Gasteiger partial charge on any atom is 0.255 e. The molecule has 1 aromatic carbocycles. The lowest BCUT2D eigenvalue weighted by atomic mass is 10.1. The molecule has 1 heterocycles. The van der Waals surface area contributed by atoms with Gasteiger partial charge in [0, 0.05) is 29.7 Å². The van der Waals surface area contributed by atoms with Crippen LogP contribution in [0.25, 0.3) is 0 Å². The second-order valence-corrected chi connectivity index (χ2v) is 5.63. The number of hydrogen-bond acceptors (Lipinski definition) is 3. The van der Waals surface area contributed by atoms with Crippen LogP contribution in [0.4, 0.5) is 5.69 Å². The van der Waals surface area contributed by atoms with Crippen molar-refractivity contribution in [1.29, 1.82) is 0 Å². The van der Waals surface area contributed by atoms with Gasteiger partial charge < -0.3 is 10.6 Å². The van der Waals surface area contributed by atoms with E-state index in [9.17, 15) is 4.79 Å². The summed E-state index contributed by atoms with van der Waals surface area (Å²) < 4.78 is 0. The fourth-order valence-electron chi connectivity index (χ4n) is 1.83. The van der Waals surface area contributed by atoms with Gasteiger partial charge in [-0.3, -0.25) is 4.79 Å². The van der Waals surface area contributed by atoms with Crippen LogP contribution >= 0.6 is 22.9 Å². The van der Waals surface area contributed by atoms with Gasteiger partial charge in [0.1, 0.15) is 0 Å². The highest BCUT2D eigenvalue weighted by atomic mass is 35.5. The Morgan fingerprint density at radius 1 is 1.42 bits per heavy atom. The van der Waals surface area contributed by atoms with Gasteiger partial charge in [-0.1, -0.05) is 11.6 Å². The second-order valence-electron chi connectivity index (χ2n) is 4.48. The summed E-state index contributed by atoms with van der Waals surface area (Å²) in [7, 11) is 1.76. The number of nitrogens with two attached hydrogens (primary N) is 1. The predicted molar refractivity (Wildman–Crippen MR) is 80.7 cm³/mol. The van der Waals surface area contributed by atoms with Crippen LogP contribution in [0, 0.1) is 6.92 Å². The number of nitrogen functional groups attached to an aromatic ring is 1. The Morgan fingerprint density at radius 3 is 2.79 bits per heavy atom. The van der Waals surface area contributed by atoms with Crippen LogP contribution in [-0.2, 0) is 6.54 Å². The number of rotatable bonds is 3. The van der Waals surface area contributed by atoms with E-state index in [1.54, 1.807) is 30.1 Å². The van der Waals surface area contributed by atoms with Crippen LogP contribution in [0.2, 0.25) is 5.02 Å². The summed E-state index contributed by atoms with van der Waals surface area (Å²) >= 11 is 7.64. The quantitative estimate of drug-likeness (QED) is 0.880. The standard InChI is InChI=1S/C14H15ClN2OS/c1-9-7-19-8-12(9)14(18)17(2)6-10-5-11(16)3-4-13(10)15/h3-5,7-8H,6,16H2,1-2H3. The third-order valence-corrected chi connectivity index (χ3v) is 4.14. The zero-order chi connectivity index (χ0) is 14.0. The van der Waals surface area contributed by atoms with Crippen molar-refractivity contribution < 1.29 is 4.79 Å². The maximum absolute atomic E-state index is 12.3. The Kier molecular flexibility index (Phi) is 4.12. The highest BCUT2D eigenvalue weighted by molar-refractivity contribution is 7.08. The number of halogens is 1. The molecule has 100 valence electrons. The Morgan fingerprint density at radius 2 is 2.16 bits per heavy atom. The van der Waals surface area contributed by atoms with E-state index in [0.29, 0.717) is 17.3 Å². The van der Waals surface area contributed by atoms with E-state index in [2.05, 4.69) is 0 Å². The van der Waals surface area contributed by atoms with Crippen molar-refractivity contribution in [2.75, 3.05) is 12.8 Å². The number of aryl methyl sites for hydroxylation is 1. The number of nitrogens with zero attached hydrogens (tertiary/aromatic N) is 1. The summed E-state index contributed by atoms with van der Waals surface area (Å²) in [5.41, 5.74) is 8.98. The molecule has 1 amide bonds. The first kappa shape index (κ1) is 13.9. The van der Waals surface area contributed by atoms with E-state index in [-0.39, 0.29) is 5.91 Å². The number of anilines is 1. The van der Waals surface area contributed by atoms with Gasteiger partial charge in [0.15, 0.2) is 0 Å². The van der Waals surface area contributed by atoms with Gasteiger partial charge in [-0.25, -0.2) is 0 Å². The lowest BCUT2D eigenvalue weighted by molar-refractivity contribution is 0.0785. The van der Waals surface area contributed by atoms with Crippen LogP contribution < -0.4 is 5.73 Å². The molecule has 1 aromatic heterocycles. The van der Waals surface area contributed by atoms with E-state index in [1.807, 2.05) is 17.7 Å². The van der Waals surface area contributed by atoms with Gasteiger partial charge in [0.25, 0.3) is 5.91 Å². The monoisotopic (exact) mass is 294 g/mol. The van der Waals surface area contributed by atoms with Crippen molar-refractivity contribution in [1.82, 2.24) is 4.90 Å². The van der Waals surface area contributed by atoms with Crippen molar-refractivity contribution >= 4 is 34.5 Å². The van der Waals surface area contributed by atoms with Gasteiger partial charge in [0.2, 0.25) is 0 Å². The maximum atomic E-state index is 12.3. The molecule has 5 heteroatoms. The first-order valence-corrected chi connectivity index (χ1v) is 7.13. The fraction of sp³-hybridized carbons (Fsp3) is 0.214. The molecule has 0 atom stereocenters. The summed E-state index contributed by atoms with van der Waals surface area (Å²) in [4.78, 5) is 13.9. The van der Waals surface area contributed by atoms with Gasteiger partial charge >= 0.3 is 0 Å². The van der Waals surface area contributed by atoms with E-state index in [1.165, 1.54) is 11.3 Å². The topological polar surface area (TPSA) is 46.3 Å². The Balaban J connectivity index is 2.17. The number of hydrogen-bond donors (Lipinski definition) is 1. The van der Waals surface area contributed by atoms with Crippen LogP contribution in [0.3, 0.4) is 0 Å². The smallest absolute Gasteiger partial charge is 0.255 e. The van der Waals surface area contributed by atoms with Crippen LogP contribution in [0.1, 0.15) is 21.5 Å². The Bertz CT molecular complexity index is 609. The average Bonchev–Trinajstić information content (AvgIpc) is 2.79. The van der Waals surface area contributed by atoms with E-state index in [0.717, 1.165) is 16.7 Å². The zero-order valence-electron chi connectivity index (χ0n) is 10.8. The average molecular weight is 295 g/mol. The Labute approximate surface area is 121 Å². The lowest BCUT2D eigenvalue weighted by Gasteiger charge is -2.18. The zero-order valence-corrected chi connectivity index (χ0v) is 12.4. The van der Waals surface area contributed by atoms with E-state index < -0.39 is 0 Å². The molecule has 19 heavy (non-hydrogen) atoms. The summed E-state index contributed by atoms with van der Waals surface area (Å²) in [6.45, 7) is 2.38. The Hall–Kier alpha value is -1.52. The highest BCUT2D eigenvalue weighted by Crippen LogP contribution is 2.22. The minimum absolute atomic E-state index is 0.00255. The molecule has 2 aromatic rings. The van der Waals surface area contributed by atoms with Gasteiger partial charge in [-0.2, -0.15) is 11.3 Å². The third kappa shape index (κ3) is 3.08. The number of carbonyl (C=O) groups excluding carboxylic acids is 1. The molecule has 0 fully saturated rings. The normalized spacial score (nSPS) is 10.5. The molecule has 0 spiro atoms. The number of amides is 1. The predicted octanol–water partition coefficient (Wildman–Crippen LogP) is 3.56. The molecule has 0 saturated carbocycles. The first-order valence-electron chi connectivity index (χ1n) is 5.81. The third-order valence-electron chi connectivity index (χ3n) is 2.91. The fourth-order valence-corrected chi connectivity index (χ4v) is 2.83. The second kappa shape index (κ2) is 5.63. The molecule has 0 unspecified atom stereocenters. The summed E-state index contributed by atoms with van der Waals surface area (Å²) in [6.07, 6.45) is 0. The SMILES string of the molecule is Cc1cscc1C(=O)N(C)Cc1cc(N)ccc1Cl. The van der Waals surface area contributed by atoms with Crippen LogP contribution in [0.5, 0.6) is 0 Å². The molecular weight excluding hydrogens is 280 g/mol. The van der Waals surface area contributed by atoms with Gasteiger partial charge in [-0.05, 0) is 41.6 Å². The van der Waals surface area contributed by atoms with Gasteiger partial charge in [0.05, 0.1) is 5.56 Å². The molecule has 3 nitrogen and oxygen atoms in total. The molecule has 0 aliphatic carbocycles. The number of benzene rings is 1. The van der Waals surface area contributed by atoms with Crippen LogP contribution in [0.15, 0.2) is 29.0 Å². The number of thiophene rings is 1. The van der Waals surface area contributed by atoms with Crippen molar-refractivity contribution in [3.8, 4) is 0 Å². The molecule has 0 saturated heterocycles. The molecular formula is C14H15ClN2OS. The minimum Gasteiger partial charge on any atom is -0.399 e. The lowest BCUT2D eigenvalue weighted by Crippen LogP contribution is -2.26. The largest absolute Gasteiger partial charge is 0.399 e.